The standard InChI is InChI=1S/C64H94N18O21S/c1-30(2)50(81-60(98)49(66)33(5)84)62(100)77-42(22-38-23-67-29-71-38)58(96)76-40(20-36-14-10-8-11-15-36)57(95)78-43(27-83)55(93)69-25-47(89)74-39(18-19-45(65)87)56(94)75-41(21-37-16-12-9-13-17-37)59(97)82-51(34(6)85)61(99)70-26-48(90)80-52(35(7)86)63(101)73-31(3)53(91)68-24-46(88)72-32(4)54(92)79-44(28-104)64(102)103/h8-17,23,29-35,39-44,49-52,83-86,104H,18-22,24-28,66H2,1-7H3,(H2,65,87)(H,67,71)(H,68,91)(H,69,93)(H,70,99)(H,72,88)(H,73,101)(H,74,89)(H,75,94)(H,76,96)(H,77,100)(H,78,95)(H,79,92)(H,80,90)(H,81,98)(H,82,97)(H,102,103)/t31-,32-,33+,34+,35+,39-,40-,41-,42-,43-,44-,49-,50-,51-,52-/m0/s1. The maximum atomic E-state index is 14.3. The maximum absolute atomic E-state index is 14.3. The maximum Gasteiger partial charge on any atom is 0.327 e. The molecule has 0 aliphatic carbocycles. The molecule has 39 nitrogen and oxygen atoms in total. The van der Waals surface area contributed by atoms with Crippen molar-refractivity contribution < 1.29 is 102 Å². The number of aromatic amines is 1. The van der Waals surface area contributed by atoms with Crippen LogP contribution in [-0.2, 0) is 96.0 Å². The molecule has 0 bridgehead atoms. The van der Waals surface area contributed by atoms with E-state index in [1.807, 2.05) is 0 Å². The number of aromatic nitrogens is 2. The number of carboxylic acid groups (broad SMARTS) is 1. The van der Waals surface area contributed by atoms with Gasteiger partial charge in [0, 0.05) is 43.3 Å². The highest BCUT2D eigenvalue weighted by Crippen LogP contribution is 2.11. The Bertz CT molecular complexity index is 3440. The number of rotatable bonds is 44. The van der Waals surface area contributed by atoms with E-state index in [0.717, 1.165) is 13.8 Å². The summed E-state index contributed by atoms with van der Waals surface area (Å²) in [6.07, 6.45) is -3.74. The molecule has 15 atom stereocenters. The van der Waals surface area contributed by atoms with Crippen LogP contribution in [0.25, 0.3) is 0 Å². The number of benzene rings is 2. The van der Waals surface area contributed by atoms with Gasteiger partial charge in [-0.2, -0.15) is 12.6 Å². The molecule has 0 saturated carbocycles. The lowest BCUT2D eigenvalue weighted by Crippen LogP contribution is -2.61. The number of H-pyrrole nitrogens is 1. The topological polar surface area (TPSA) is 623 Å². The van der Waals surface area contributed by atoms with Crippen LogP contribution in [0.1, 0.15) is 78.1 Å². The molecule has 0 spiro atoms. The molecule has 40 heteroatoms. The molecule has 1 aromatic heterocycles. The van der Waals surface area contributed by atoms with Gasteiger partial charge in [-0.1, -0.05) is 74.5 Å². The fourth-order valence-corrected chi connectivity index (χ4v) is 9.65. The van der Waals surface area contributed by atoms with Crippen molar-refractivity contribution in [1.29, 1.82) is 0 Å². The Kier molecular flexibility index (Phi) is 37.0. The second-order valence-corrected chi connectivity index (χ2v) is 24.8. The van der Waals surface area contributed by atoms with E-state index in [1.54, 1.807) is 74.5 Å². The summed E-state index contributed by atoms with van der Waals surface area (Å²) in [5.74, 6) is -17.4. The third kappa shape index (κ3) is 30.5. The molecule has 0 saturated heterocycles. The Morgan fingerprint density at radius 1 is 0.452 bits per heavy atom. The first kappa shape index (κ1) is 87.5. The summed E-state index contributed by atoms with van der Waals surface area (Å²) in [4.78, 5) is 218. The molecule has 0 aliphatic heterocycles. The Balaban J connectivity index is 1.74. The van der Waals surface area contributed by atoms with Crippen LogP contribution < -0.4 is 85.9 Å². The number of nitrogens with one attached hydrogen (secondary N) is 15. The minimum Gasteiger partial charge on any atom is -0.480 e. The lowest BCUT2D eigenvalue weighted by Gasteiger charge is -2.28. The number of carboxylic acids is 1. The van der Waals surface area contributed by atoms with E-state index in [4.69, 9.17) is 16.6 Å². The SMILES string of the molecule is CC(C)[C@H](NC(=O)[C@@H](N)[C@@H](C)O)C(=O)N[C@@H](Cc1cnc[nH]1)C(=O)N[C@@H](Cc1ccccc1)C(=O)N[C@@H](CO)C(=O)NCC(=O)N[C@@H](CCC(N)=O)C(=O)N[C@@H](Cc1ccccc1)C(=O)N[C@H](C(=O)NCC(=O)N[C@H](C(=O)N[C@@H](C)C(=O)NCC(=O)N[C@@H](C)C(=O)N[C@@H](CS)C(=O)O)[C@@H](C)O)[C@@H](C)O. The van der Waals surface area contributed by atoms with Crippen LogP contribution in [0.4, 0.5) is 0 Å². The largest absolute Gasteiger partial charge is 0.480 e. The second kappa shape index (κ2) is 44.0. The second-order valence-electron chi connectivity index (χ2n) is 24.5. The summed E-state index contributed by atoms with van der Waals surface area (Å²) in [6.45, 7) is 5.41. The Labute approximate surface area is 602 Å². The van der Waals surface area contributed by atoms with Gasteiger partial charge in [-0.3, -0.25) is 71.9 Å². The summed E-state index contributed by atoms with van der Waals surface area (Å²) in [6, 6.07) is -2.29. The predicted octanol–water partition coefficient (Wildman–Crippen LogP) is -9.44. The average molecular weight is 1480 g/mol. The van der Waals surface area contributed by atoms with E-state index < -0.39 is 230 Å². The number of imidazole rings is 1. The summed E-state index contributed by atoms with van der Waals surface area (Å²) in [5.41, 5.74) is 12.5. The first-order valence-electron chi connectivity index (χ1n) is 32.7. The van der Waals surface area contributed by atoms with Gasteiger partial charge in [0.2, 0.25) is 88.6 Å². The third-order valence-electron chi connectivity index (χ3n) is 15.4. The van der Waals surface area contributed by atoms with Crippen LogP contribution in [0.2, 0.25) is 0 Å². The quantitative estimate of drug-likeness (QED) is 0.0234. The number of carbonyl (C=O) groups is 16. The van der Waals surface area contributed by atoms with E-state index in [1.165, 1.54) is 33.3 Å². The number of thiol groups is 1. The van der Waals surface area contributed by atoms with Crippen LogP contribution >= 0.6 is 12.6 Å². The van der Waals surface area contributed by atoms with Crippen LogP contribution in [0, 0.1) is 5.92 Å². The highest BCUT2D eigenvalue weighted by atomic mass is 32.1. The lowest BCUT2D eigenvalue weighted by atomic mass is 10.0. The fraction of sp³-hybridized carbons (Fsp3) is 0.516. The van der Waals surface area contributed by atoms with E-state index in [9.17, 15) is 97.1 Å². The Hall–Kier alpha value is -10.7. The number of aliphatic hydroxyl groups is 4. The van der Waals surface area contributed by atoms with E-state index in [-0.39, 0.29) is 25.0 Å². The van der Waals surface area contributed by atoms with E-state index in [2.05, 4.69) is 97.0 Å². The zero-order valence-electron chi connectivity index (χ0n) is 58.1. The number of hydrogen-bond donors (Lipinski definition) is 23. The number of amides is 15. The Morgan fingerprint density at radius 2 is 0.875 bits per heavy atom. The molecule has 3 rings (SSSR count). The number of aliphatic hydroxyl groups excluding tert-OH is 4. The summed E-state index contributed by atoms with van der Waals surface area (Å²) >= 11 is 3.85. The van der Waals surface area contributed by atoms with Crippen molar-refractivity contribution in [2.24, 2.45) is 17.4 Å². The average Bonchev–Trinajstić information content (AvgIpc) is 1.04. The van der Waals surface area contributed by atoms with Gasteiger partial charge in [0.1, 0.15) is 72.5 Å². The zero-order valence-corrected chi connectivity index (χ0v) is 58.9. The number of primary amides is 1. The van der Waals surface area contributed by atoms with Gasteiger partial charge < -0.3 is 116 Å². The molecule has 104 heavy (non-hydrogen) atoms. The Morgan fingerprint density at radius 3 is 1.35 bits per heavy atom. The molecule has 3 aromatic rings. The minimum atomic E-state index is -1.88. The predicted molar refractivity (Wildman–Crippen MR) is 369 cm³/mol. The third-order valence-corrected chi connectivity index (χ3v) is 15.8. The zero-order chi connectivity index (χ0) is 78.1. The fourth-order valence-electron chi connectivity index (χ4n) is 9.41. The highest BCUT2D eigenvalue weighted by molar-refractivity contribution is 7.80. The number of aliphatic carboxylic acids is 1. The molecule has 24 N–H and O–H groups in total. The van der Waals surface area contributed by atoms with Crippen LogP contribution in [0.5, 0.6) is 0 Å². The van der Waals surface area contributed by atoms with Crippen molar-refractivity contribution in [2.75, 3.05) is 32.0 Å². The van der Waals surface area contributed by atoms with Crippen molar-refractivity contribution >= 4 is 107 Å². The molecule has 15 amide bonds. The van der Waals surface area contributed by atoms with Crippen molar-refractivity contribution in [2.45, 2.75) is 171 Å². The van der Waals surface area contributed by atoms with Gasteiger partial charge in [0.15, 0.2) is 0 Å². The van der Waals surface area contributed by atoms with Crippen LogP contribution in [0.15, 0.2) is 73.2 Å². The number of hydrogen-bond acceptors (Lipinski definition) is 23. The summed E-state index contributed by atoms with van der Waals surface area (Å²) < 4.78 is 0. The van der Waals surface area contributed by atoms with Crippen molar-refractivity contribution in [1.82, 2.24) is 84.4 Å². The van der Waals surface area contributed by atoms with Gasteiger partial charge in [-0.15, -0.1) is 0 Å². The summed E-state index contributed by atoms with van der Waals surface area (Å²) in [7, 11) is 0. The minimum absolute atomic E-state index is 0.223. The summed E-state index contributed by atoms with van der Waals surface area (Å²) in [5, 5.41) is 83.2. The van der Waals surface area contributed by atoms with E-state index in [0.29, 0.717) is 16.8 Å². The van der Waals surface area contributed by atoms with E-state index >= 15 is 0 Å². The van der Waals surface area contributed by atoms with Gasteiger partial charge in [-0.05, 0) is 58.1 Å². The smallest absolute Gasteiger partial charge is 0.327 e. The molecule has 1 heterocycles. The number of nitrogens with two attached hydrogens (primary N) is 2. The van der Waals surface area contributed by atoms with Gasteiger partial charge in [0.05, 0.1) is 50.9 Å². The molecule has 0 radical (unpaired) electrons. The van der Waals surface area contributed by atoms with Gasteiger partial charge >= 0.3 is 5.97 Å². The lowest BCUT2D eigenvalue weighted by molar-refractivity contribution is -0.141. The molecular formula is C64H94N18O21S. The molecule has 0 aliphatic rings. The number of nitrogens with zero attached hydrogens (tertiary/aromatic N) is 1. The first-order chi connectivity index (χ1) is 49.0. The number of carbonyl (C=O) groups excluding carboxylic acids is 15. The molecule has 2 aromatic carbocycles. The van der Waals surface area contributed by atoms with Crippen LogP contribution in [0.3, 0.4) is 0 Å². The van der Waals surface area contributed by atoms with Gasteiger partial charge in [0.25, 0.3) is 0 Å². The normalized spacial score (nSPS) is 15.4. The molecular weight excluding hydrogens is 1390 g/mol. The molecule has 0 fully saturated rings. The van der Waals surface area contributed by atoms with Gasteiger partial charge in [-0.25, -0.2) is 9.78 Å². The monoisotopic (exact) mass is 1480 g/mol. The van der Waals surface area contributed by atoms with Crippen molar-refractivity contribution in [3.8, 4) is 0 Å². The van der Waals surface area contributed by atoms with Crippen LogP contribution in [-0.4, -0.2) is 253 Å². The molecule has 0 unspecified atom stereocenters. The van der Waals surface area contributed by atoms with Crippen molar-refractivity contribution in [3.63, 3.8) is 0 Å². The molecule has 572 valence electrons. The highest BCUT2D eigenvalue weighted by Gasteiger charge is 2.37. The van der Waals surface area contributed by atoms with Crippen molar-refractivity contribution in [3.05, 3.63) is 90.0 Å². The first-order valence-corrected chi connectivity index (χ1v) is 33.3.